The monoisotopic (exact) mass is 222 g/mol. The van der Waals surface area contributed by atoms with E-state index in [1.807, 2.05) is 24.7 Å². The maximum atomic E-state index is 11.9. The summed E-state index contributed by atoms with van der Waals surface area (Å²) in [5.41, 5.74) is 2.10. The van der Waals surface area contributed by atoms with Crippen molar-refractivity contribution in [2.75, 3.05) is 0 Å². The standard InChI is InChI=1S/C13H22N2O/c1-5-7-10(3)13(16)9-12-8-11(6-2)14-15(12)4/h8,10H,5-7,9H2,1-4H3. The number of carbonyl (C=O) groups excluding carboxylic acids is 1. The minimum atomic E-state index is 0.171. The SMILES string of the molecule is CCCC(C)C(=O)Cc1cc(CC)nn1C. The van der Waals surface area contributed by atoms with Crippen LogP contribution in [0.15, 0.2) is 6.07 Å². The van der Waals surface area contributed by atoms with Crippen molar-refractivity contribution < 1.29 is 4.79 Å². The van der Waals surface area contributed by atoms with Crippen LogP contribution in [-0.4, -0.2) is 15.6 Å². The van der Waals surface area contributed by atoms with Crippen molar-refractivity contribution in [3.63, 3.8) is 0 Å². The molecule has 16 heavy (non-hydrogen) atoms. The number of nitrogens with zero attached hydrogens (tertiary/aromatic N) is 2. The van der Waals surface area contributed by atoms with Gasteiger partial charge in [0.05, 0.1) is 5.69 Å². The molecule has 1 aromatic heterocycles. The fourth-order valence-electron chi connectivity index (χ4n) is 1.86. The van der Waals surface area contributed by atoms with Gasteiger partial charge in [-0.15, -0.1) is 0 Å². The molecule has 0 aliphatic heterocycles. The van der Waals surface area contributed by atoms with Crippen LogP contribution in [0.1, 0.15) is 45.0 Å². The van der Waals surface area contributed by atoms with E-state index in [4.69, 9.17) is 0 Å². The minimum absolute atomic E-state index is 0.171. The predicted octanol–water partition coefficient (Wildman–Crippen LogP) is 2.53. The summed E-state index contributed by atoms with van der Waals surface area (Å²) in [6.07, 6.45) is 3.49. The second-order valence-corrected chi connectivity index (χ2v) is 4.44. The zero-order chi connectivity index (χ0) is 12.1. The van der Waals surface area contributed by atoms with Gasteiger partial charge in [-0.05, 0) is 18.9 Å². The van der Waals surface area contributed by atoms with E-state index in [-0.39, 0.29) is 5.92 Å². The van der Waals surface area contributed by atoms with Crippen LogP contribution in [0.4, 0.5) is 0 Å². The second kappa shape index (κ2) is 5.83. The van der Waals surface area contributed by atoms with E-state index in [9.17, 15) is 4.79 Å². The minimum Gasteiger partial charge on any atom is -0.299 e. The van der Waals surface area contributed by atoms with Gasteiger partial charge in [-0.2, -0.15) is 5.10 Å². The number of Topliss-reactive ketones (excluding diaryl/α,β-unsaturated/α-hetero) is 1. The van der Waals surface area contributed by atoms with E-state index >= 15 is 0 Å². The van der Waals surface area contributed by atoms with E-state index in [1.165, 1.54) is 0 Å². The van der Waals surface area contributed by atoms with Gasteiger partial charge in [-0.1, -0.05) is 27.2 Å². The lowest BCUT2D eigenvalue weighted by Gasteiger charge is -2.08. The lowest BCUT2D eigenvalue weighted by molar-refractivity contribution is -0.122. The van der Waals surface area contributed by atoms with Crippen LogP contribution in [0.3, 0.4) is 0 Å². The van der Waals surface area contributed by atoms with Gasteiger partial charge in [0.25, 0.3) is 0 Å². The predicted molar refractivity (Wildman–Crippen MR) is 65.4 cm³/mol. The molecule has 1 heterocycles. The number of hydrogen-bond acceptors (Lipinski definition) is 2. The van der Waals surface area contributed by atoms with Crippen molar-refractivity contribution in [1.82, 2.24) is 9.78 Å². The molecule has 1 rings (SSSR count). The quantitative estimate of drug-likeness (QED) is 0.741. The summed E-state index contributed by atoms with van der Waals surface area (Å²) >= 11 is 0. The summed E-state index contributed by atoms with van der Waals surface area (Å²) < 4.78 is 1.83. The molecule has 0 spiro atoms. The molecule has 0 saturated carbocycles. The molecule has 0 aliphatic carbocycles. The summed E-state index contributed by atoms with van der Waals surface area (Å²) in [4.78, 5) is 11.9. The second-order valence-electron chi connectivity index (χ2n) is 4.44. The van der Waals surface area contributed by atoms with Gasteiger partial charge in [-0.25, -0.2) is 0 Å². The highest BCUT2D eigenvalue weighted by Crippen LogP contribution is 2.12. The van der Waals surface area contributed by atoms with E-state index < -0.39 is 0 Å². The molecule has 0 fully saturated rings. The number of carbonyl (C=O) groups is 1. The molecular formula is C13H22N2O. The number of rotatable bonds is 6. The molecule has 0 aromatic carbocycles. The third-order valence-electron chi connectivity index (χ3n) is 3.02. The van der Waals surface area contributed by atoms with Crippen LogP contribution in [-0.2, 0) is 24.7 Å². The molecule has 0 saturated heterocycles. The molecule has 0 bridgehead atoms. The summed E-state index contributed by atoms with van der Waals surface area (Å²) in [5, 5.41) is 4.35. The van der Waals surface area contributed by atoms with Crippen molar-refractivity contribution in [3.05, 3.63) is 17.5 Å². The molecule has 90 valence electrons. The molecule has 1 unspecified atom stereocenters. The lowest BCUT2D eigenvalue weighted by atomic mass is 9.97. The maximum absolute atomic E-state index is 11.9. The first-order chi connectivity index (χ1) is 7.58. The normalized spacial score (nSPS) is 12.8. The van der Waals surface area contributed by atoms with Crippen molar-refractivity contribution in [2.45, 2.75) is 46.5 Å². The van der Waals surface area contributed by atoms with Crippen molar-refractivity contribution in [3.8, 4) is 0 Å². The maximum Gasteiger partial charge on any atom is 0.141 e. The Bertz CT molecular complexity index is 355. The first kappa shape index (κ1) is 12.9. The Morgan fingerprint density at radius 3 is 2.69 bits per heavy atom. The summed E-state index contributed by atoms with van der Waals surface area (Å²) in [5.74, 6) is 0.498. The van der Waals surface area contributed by atoms with E-state index in [2.05, 4.69) is 18.9 Å². The molecule has 0 aliphatic rings. The summed E-state index contributed by atoms with van der Waals surface area (Å²) in [6, 6.07) is 2.04. The lowest BCUT2D eigenvalue weighted by Crippen LogP contribution is -2.15. The molecule has 0 radical (unpaired) electrons. The molecule has 3 heteroatoms. The molecule has 3 nitrogen and oxygen atoms in total. The van der Waals surface area contributed by atoms with Crippen molar-refractivity contribution in [1.29, 1.82) is 0 Å². The van der Waals surface area contributed by atoms with Crippen molar-refractivity contribution >= 4 is 5.78 Å². The summed E-state index contributed by atoms with van der Waals surface area (Å²) in [6.45, 7) is 6.21. The Labute approximate surface area is 97.8 Å². The van der Waals surface area contributed by atoms with E-state index in [0.29, 0.717) is 12.2 Å². The van der Waals surface area contributed by atoms with Gasteiger partial charge in [0.2, 0.25) is 0 Å². The zero-order valence-electron chi connectivity index (χ0n) is 10.8. The average Bonchev–Trinajstić information content (AvgIpc) is 2.60. The third-order valence-corrected chi connectivity index (χ3v) is 3.02. The van der Waals surface area contributed by atoms with Gasteiger partial charge >= 0.3 is 0 Å². The summed E-state index contributed by atoms with van der Waals surface area (Å²) in [7, 11) is 1.91. The average molecular weight is 222 g/mol. The molecule has 0 N–H and O–H groups in total. The van der Waals surface area contributed by atoms with Crippen LogP contribution < -0.4 is 0 Å². The van der Waals surface area contributed by atoms with Crippen LogP contribution in [0.5, 0.6) is 0 Å². The molecule has 1 atom stereocenters. The van der Waals surface area contributed by atoms with Gasteiger partial charge in [0.1, 0.15) is 5.78 Å². The number of aromatic nitrogens is 2. The highest BCUT2D eigenvalue weighted by molar-refractivity contribution is 5.82. The number of ketones is 1. The fourth-order valence-corrected chi connectivity index (χ4v) is 1.86. The Hall–Kier alpha value is -1.12. The topological polar surface area (TPSA) is 34.9 Å². The Balaban J connectivity index is 2.65. The van der Waals surface area contributed by atoms with Gasteiger partial charge in [-0.3, -0.25) is 9.48 Å². The van der Waals surface area contributed by atoms with Gasteiger partial charge < -0.3 is 0 Å². The molecule has 1 aromatic rings. The van der Waals surface area contributed by atoms with Gasteiger partial charge in [0.15, 0.2) is 0 Å². The Morgan fingerprint density at radius 1 is 1.50 bits per heavy atom. The van der Waals surface area contributed by atoms with Crippen molar-refractivity contribution in [2.24, 2.45) is 13.0 Å². The van der Waals surface area contributed by atoms with Crippen LogP contribution >= 0.6 is 0 Å². The van der Waals surface area contributed by atoms with Gasteiger partial charge in [0, 0.05) is 25.1 Å². The smallest absolute Gasteiger partial charge is 0.141 e. The van der Waals surface area contributed by atoms with E-state index in [1.54, 1.807) is 0 Å². The Morgan fingerprint density at radius 2 is 2.19 bits per heavy atom. The number of hydrogen-bond donors (Lipinski definition) is 0. The largest absolute Gasteiger partial charge is 0.299 e. The number of aryl methyl sites for hydroxylation is 2. The zero-order valence-corrected chi connectivity index (χ0v) is 10.8. The Kier molecular flexibility index (Phi) is 4.71. The molecular weight excluding hydrogens is 200 g/mol. The highest BCUT2D eigenvalue weighted by Gasteiger charge is 2.15. The first-order valence-corrected chi connectivity index (χ1v) is 6.13. The fraction of sp³-hybridized carbons (Fsp3) is 0.692. The first-order valence-electron chi connectivity index (χ1n) is 6.13. The highest BCUT2D eigenvalue weighted by atomic mass is 16.1. The third kappa shape index (κ3) is 3.19. The van der Waals surface area contributed by atoms with Crippen LogP contribution in [0.25, 0.3) is 0 Å². The van der Waals surface area contributed by atoms with Crippen LogP contribution in [0.2, 0.25) is 0 Å². The van der Waals surface area contributed by atoms with Crippen LogP contribution in [0, 0.1) is 5.92 Å². The molecule has 0 amide bonds. The van der Waals surface area contributed by atoms with E-state index in [0.717, 1.165) is 30.7 Å².